The highest BCUT2D eigenvalue weighted by Gasteiger charge is 2.50. The van der Waals surface area contributed by atoms with E-state index < -0.39 is 17.3 Å². The Labute approximate surface area is 211 Å². The maximum absolute atomic E-state index is 15.3. The summed E-state index contributed by atoms with van der Waals surface area (Å²) < 4.78 is 28.3. The Hall–Kier alpha value is -3.00. The molecule has 190 valence electrons. The van der Waals surface area contributed by atoms with Crippen molar-refractivity contribution in [2.24, 2.45) is 5.41 Å². The van der Waals surface area contributed by atoms with Crippen molar-refractivity contribution in [1.29, 1.82) is 0 Å². The highest BCUT2D eigenvalue weighted by Crippen LogP contribution is 2.45. The van der Waals surface area contributed by atoms with E-state index in [9.17, 15) is 9.59 Å². The molecule has 2 aromatic carbocycles. The Morgan fingerprint density at radius 2 is 1.92 bits per heavy atom. The second-order valence-electron chi connectivity index (χ2n) is 11.9. The van der Waals surface area contributed by atoms with Crippen molar-refractivity contribution >= 4 is 29.1 Å². The summed E-state index contributed by atoms with van der Waals surface area (Å²) in [6.07, 6.45) is 2.26. The molecule has 3 aromatic rings. The van der Waals surface area contributed by atoms with Gasteiger partial charge in [0.05, 0.1) is 22.9 Å². The molecule has 0 bridgehead atoms. The van der Waals surface area contributed by atoms with Crippen LogP contribution in [0.25, 0.3) is 16.5 Å². The molecule has 0 radical (unpaired) electrons. The lowest BCUT2D eigenvalue weighted by Crippen LogP contribution is -2.38. The van der Waals surface area contributed by atoms with Gasteiger partial charge in [0, 0.05) is 17.9 Å². The highest BCUT2D eigenvalue weighted by molar-refractivity contribution is 6.68. The highest BCUT2D eigenvalue weighted by atomic mass is 19.1. The Kier molecular flexibility index (Phi) is 6.40. The molecule has 0 amide bonds. The normalized spacial score (nSPS) is 17.0. The van der Waals surface area contributed by atoms with Crippen LogP contribution in [0.2, 0.25) is 6.32 Å². The first-order valence-electron chi connectivity index (χ1n) is 12.3. The van der Waals surface area contributed by atoms with Gasteiger partial charge in [-0.2, -0.15) is 9.78 Å². The van der Waals surface area contributed by atoms with Gasteiger partial charge >= 0.3 is 12.9 Å². The number of hydrogen-bond donors (Lipinski definition) is 0. The van der Waals surface area contributed by atoms with Gasteiger partial charge in [-0.3, -0.25) is 9.59 Å². The molecule has 0 aliphatic carbocycles. The number of rotatable bonds is 4. The molecular weight excluding hydrogens is 458 g/mol. The van der Waals surface area contributed by atoms with Crippen LogP contribution in [0.1, 0.15) is 66.5 Å². The Morgan fingerprint density at radius 3 is 2.50 bits per heavy atom. The van der Waals surface area contributed by atoms with Gasteiger partial charge in [-0.25, -0.2) is 4.39 Å². The van der Waals surface area contributed by atoms with Crippen molar-refractivity contribution in [3.05, 3.63) is 63.8 Å². The van der Waals surface area contributed by atoms with E-state index in [0.717, 1.165) is 17.3 Å². The summed E-state index contributed by atoms with van der Waals surface area (Å²) in [6.45, 7) is 15.4. The third kappa shape index (κ3) is 4.59. The summed E-state index contributed by atoms with van der Waals surface area (Å²) in [5.41, 5.74) is 1.34. The van der Waals surface area contributed by atoms with Gasteiger partial charge in [0.1, 0.15) is 12.4 Å². The van der Waals surface area contributed by atoms with E-state index in [1.807, 2.05) is 39.0 Å². The van der Waals surface area contributed by atoms with Crippen molar-refractivity contribution in [3.63, 3.8) is 0 Å². The fraction of sp³-hybridized carbons (Fsp3) is 0.464. The van der Waals surface area contributed by atoms with Crippen LogP contribution >= 0.6 is 0 Å². The SMILES string of the molecule is CC(=O)OCc1c(B2CC(C)(C)C(C)(C)O2)cccc1-n1ncc2cc(C(C)(C)C)cc(F)c2c1=O. The van der Waals surface area contributed by atoms with Crippen molar-refractivity contribution in [3.8, 4) is 5.69 Å². The number of benzene rings is 2. The molecule has 0 N–H and O–H groups in total. The number of carbonyl (C=O) groups is 1. The topological polar surface area (TPSA) is 70.4 Å². The maximum atomic E-state index is 15.3. The van der Waals surface area contributed by atoms with Crippen LogP contribution in [0.3, 0.4) is 0 Å². The summed E-state index contributed by atoms with van der Waals surface area (Å²) in [5.74, 6) is -1.03. The molecule has 6 nitrogen and oxygen atoms in total. The van der Waals surface area contributed by atoms with Gasteiger partial charge in [-0.15, -0.1) is 0 Å². The van der Waals surface area contributed by atoms with E-state index >= 15 is 4.39 Å². The average Bonchev–Trinajstić information content (AvgIpc) is 2.98. The molecule has 36 heavy (non-hydrogen) atoms. The first kappa shape index (κ1) is 26.1. The second-order valence-corrected chi connectivity index (χ2v) is 11.9. The monoisotopic (exact) mass is 492 g/mol. The largest absolute Gasteiger partial charge is 0.461 e. The van der Waals surface area contributed by atoms with Gasteiger partial charge in [0.25, 0.3) is 5.56 Å². The van der Waals surface area contributed by atoms with Gasteiger partial charge in [0.2, 0.25) is 0 Å². The van der Waals surface area contributed by atoms with Gasteiger partial charge < -0.3 is 9.39 Å². The zero-order chi connectivity index (χ0) is 26.6. The summed E-state index contributed by atoms with van der Waals surface area (Å²) in [6, 6.07) is 8.70. The number of halogens is 1. The quantitative estimate of drug-likeness (QED) is 0.382. The first-order chi connectivity index (χ1) is 16.6. The number of carbonyl (C=O) groups excluding carboxylic acids is 1. The molecule has 2 heterocycles. The number of ether oxygens (including phenoxy) is 1. The molecule has 0 saturated carbocycles. The number of hydrogen-bond acceptors (Lipinski definition) is 5. The van der Waals surface area contributed by atoms with E-state index in [2.05, 4.69) is 32.8 Å². The van der Waals surface area contributed by atoms with Crippen LogP contribution in [-0.2, 0) is 26.2 Å². The zero-order valence-electron chi connectivity index (χ0n) is 22.4. The fourth-order valence-electron chi connectivity index (χ4n) is 4.70. The number of nitrogens with zero attached hydrogens (tertiary/aromatic N) is 2. The van der Waals surface area contributed by atoms with Crippen LogP contribution in [0.15, 0.2) is 41.3 Å². The molecule has 1 saturated heterocycles. The molecule has 4 rings (SSSR count). The van der Waals surface area contributed by atoms with Crippen molar-refractivity contribution < 1.29 is 18.6 Å². The van der Waals surface area contributed by atoms with E-state index in [-0.39, 0.29) is 35.3 Å². The van der Waals surface area contributed by atoms with Crippen molar-refractivity contribution in [2.45, 2.75) is 79.3 Å². The average molecular weight is 492 g/mol. The molecule has 1 fully saturated rings. The maximum Gasteiger partial charge on any atom is 0.328 e. The predicted molar refractivity (Wildman–Crippen MR) is 141 cm³/mol. The summed E-state index contributed by atoms with van der Waals surface area (Å²) in [4.78, 5) is 25.3. The summed E-state index contributed by atoms with van der Waals surface area (Å²) in [5, 5.41) is 4.83. The van der Waals surface area contributed by atoms with E-state index in [1.54, 1.807) is 6.07 Å². The molecule has 1 aliphatic rings. The fourth-order valence-corrected chi connectivity index (χ4v) is 4.70. The third-order valence-electron chi connectivity index (χ3n) is 7.65. The van der Waals surface area contributed by atoms with Crippen LogP contribution in [0, 0.1) is 11.2 Å². The van der Waals surface area contributed by atoms with Crippen molar-refractivity contribution in [2.75, 3.05) is 0 Å². The lowest BCUT2D eigenvalue weighted by Gasteiger charge is -2.34. The minimum atomic E-state index is -0.584. The Bertz CT molecular complexity index is 1390. The van der Waals surface area contributed by atoms with Gasteiger partial charge in [-0.1, -0.05) is 46.8 Å². The molecule has 0 unspecified atom stereocenters. The molecule has 8 heteroatoms. The second kappa shape index (κ2) is 8.84. The van der Waals surface area contributed by atoms with E-state index in [4.69, 9.17) is 9.39 Å². The van der Waals surface area contributed by atoms with Crippen molar-refractivity contribution in [1.82, 2.24) is 9.78 Å². The third-order valence-corrected chi connectivity index (χ3v) is 7.65. The summed E-state index contributed by atoms with van der Waals surface area (Å²) >= 11 is 0. The van der Waals surface area contributed by atoms with Gasteiger partial charge in [0.15, 0.2) is 0 Å². The zero-order valence-corrected chi connectivity index (χ0v) is 22.4. The molecule has 0 spiro atoms. The smallest absolute Gasteiger partial charge is 0.328 e. The molecular formula is C28H34BFN2O4. The first-order valence-corrected chi connectivity index (χ1v) is 12.3. The molecule has 0 atom stereocenters. The Balaban J connectivity index is 1.91. The number of fused-ring (bicyclic) bond motifs is 1. The minimum absolute atomic E-state index is 0.0266. The molecule has 1 aromatic heterocycles. The standard InChI is InChI=1S/C28H34BFN2O4/c1-17(33)35-15-20-21(29-16-27(5,6)28(7,8)36-29)10-9-11-23(20)32-25(34)24-18(14-31-32)12-19(13-22(24)30)26(2,3)4/h9-14H,15-16H2,1-8H3. The lowest BCUT2D eigenvalue weighted by molar-refractivity contribution is -0.142. The number of aromatic nitrogens is 2. The van der Waals surface area contributed by atoms with Crippen LogP contribution < -0.4 is 11.0 Å². The van der Waals surface area contributed by atoms with Gasteiger partial charge in [-0.05, 0) is 60.2 Å². The summed E-state index contributed by atoms with van der Waals surface area (Å²) in [7, 11) is 0. The predicted octanol–water partition coefficient (Wildman–Crippen LogP) is 4.92. The van der Waals surface area contributed by atoms with Crippen LogP contribution in [-0.4, -0.2) is 28.3 Å². The van der Waals surface area contributed by atoms with Crippen LogP contribution in [0.5, 0.6) is 0 Å². The Morgan fingerprint density at radius 1 is 1.22 bits per heavy atom. The van der Waals surface area contributed by atoms with E-state index in [0.29, 0.717) is 16.6 Å². The minimum Gasteiger partial charge on any atom is -0.461 e. The molecule has 1 aliphatic heterocycles. The van der Waals surface area contributed by atoms with Crippen LogP contribution in [0.4, 0.5) is 4.39 Å². The van der Waals surface area contributed by atoms with E-state index in [1.165, 1.54) is 23.9 Å². The lowest BCUT2D eigenvalue weighted by atomic mass is 9.53. The number of esters is 1.